The first-order valence-electron chi connectivity index (χ1n) is 11.1. The molecule has 0 fully saturated rings. The average molecular weight is 443 g/mol. The maximum Gasteiger partial charge on any atom is 0.201 e. The Morgan fingerprint density at radius 1 is 0.750 bits per heavy atom. The summed E-state index contributed by atoms with van der Waals surface area (Å²) in [5.41, 5.74) is 1.96. The molecule has 0 unspecified atom stereocenters. The lowest BCUT2D eigenvalue weighted by Gasteiger charge is -2.12. The molecule has 0 N–H and O–H groups in total. The Hall–Kier alpha value is -2.95. The lowest BCUT2D eigenvalue weighted by Crippen LogP contribution is -2.02. The van der Waals surface area contributed by atoms with E-state index in [2.05, 4.69) is 6.92 Å². The molecule has 5 heteroatoms. The van der Waals surface area contributed by atoms with Gasteiger partial charge >= 0.3 is 0 Å². The van der Waals surface area contributed by atoms with Gasteiger partial charge in [-0.15, -0.1) is 0 Å². The van der Waals surface area contributed by atoms with E-state index in [9.17, 15) is 13.2 Å². The number of benzene rings is 3. The highest BCUT2D eigenvalue weighted by Crippen LogP contribution is 2.31. The van der Waals surface area contributed by atoms with E-state index in [1.54, 1.807) is 30.3 Å². The van der Waals surface area contributed by atoms with Crippen LogP contribution >= 0.6 is 0 Å². The monoisotopic (exact) mass is 442 g/mol. The Balaban J connectivity index is 1.60. The summed E-state index contributed by atoms with van der Waals surface area (Å²) >= 11 is 0. The number of hydrogen-bond donors (Lipinski definition) is 0. The van der Waals surface area contributed by atoms with Gasteiger partial charge in [0.25, 0.3) is 0 Å². The van der Waals surface area contributed by atoms with E-state index in [1.807, 2.05) is 13.0 Å². The average Bonchev–Trinajstić information content (AvgIpc) is 2.79. The molecule has 0 saturated carbocycles. The molecule has 0 radical (unpaired) electrons. The molecule has 3 aromatic rings. The fourth-order valence-corrected chi connectivity index (χ4v) is 3.42. The second-order valence-corrected chi connectivity index (χ2v) is 7.91. The molecular formula is C27H29F3O2. The Bertz CT molecular complexity index is 1020. The van der Waals surface area contributed by atoms with Crippen LogP contribution in [0.5, 0.6) is 11.5 Å². The second-order valence-electron chi connectivity index (χ2n) is 7.91. The maximum atomic E-state index is 14.6. The third kappa shape index (κ3) is 6.28. The quantitative estimate of drug-likeness (QED) is 0.280. The van der Waals surface area contributed by atoms with Crippen molar-refractivity contribution < 1.29 is 22.6 Å². The van der Waals surface area contributed by atoms with E-state index in [0.29, 0.717) is 23.5 Å². The third-order valence-electron chi connectivity index (χ3n) is 5.32. The van der Waals surface area contributed by atoms with Crippen LogP contribution < -0.4 is 9.47 Å². The van der Waals surface area contributed by atoms with Gasteiger partial charge in [-0.25, -0.2) is 8.78 Å². The van der Waals surface area contributed by atoms with E-state index < -0.39 is 11.6 Å². The van der Waals surface area contributed by atoms with Gasteiger partial charge in [0.05, 0.1) is 6.61 Å². The molecule has 170 valence electrons. The Labute approximate surface area is 188 Å². The number of ether oxygens (including phenoxy) is 2. The summed E-state index contributed by atoms with van der Waals surface area (Å²) in [6.07, 6.45) is 5.28. The number of rotatable bonds is 11. The van der Waals surface area contributed by atoms with E-state index in [-0.39, 0.29) is 23.7 Å². The molecule has 0 bridgehead atoms. The highest BCUT2D eigenvalue weighted by atomic mass is 19.2. The van der Waals surface area contributed by atoms with Gasteiger partial charge in [-0.05, 0) is 54.8 Å². The van der Waals surface area contributed by atoms with Crippen LogP contribution in [-0.2, 0) is 6.61 Å². The molecule has 0 spiro atoms. The molecule has 3 rings (SSSR count). The zero-order valence-electron chi connectivity index (χ0n) is 18.6. The van der Waals surface area contributed by atoms with Crippen molar-refractivity contribution in [3.63, 3.8) is 0 Å². The summed E-state index contributed by atoms with van der Waals surface area (Å²) < 4.78 is 54.1. The van der Waals surface area contributed by atoms with Crippen LogP contribution in [-0.4, -0.2) is 6.61 Å². The lowest BCUT2D eigenvalue weighted by atomic mass is 10.0. The Morgan fingerprint density at radius 3 is 2.22 bits per heavy atom. The first-order chi connectivity index (χ1) is 15.5. The maximum absolute atomic E-state index is 14.6. The first-order valence-corrected chi connectivity index (χ1v) is 11.1. The van der Waals surface area contributed by atoms with E-state index in [1.165, 1.54) is 24.6 Å². The molecule has 0 aromatic heterocycles. The smallest absolute Gasteiger partial charge is 0.201 e. The minimum Gasteiger partial charge on any atom is -0.490 e. The molecule has 0 atom stereocenters. The van der Waals surface area contributed by atoms with Gasteiger partial charge in [-0.3, -0.25) is 0 Å². The predicted octanol–water partition coefficient (Wildman–Crippen LogP) is 8.01. The molecule has 0 saturated heterocycles. The van der Waals surface area contributed by atoms with Gasteiger partial charge in [0.1, 0.15) is 18.2 Å². The minimum atomic E-state index is -0.980. The van der Waals surface area contributed by atoms with E-state index >= 15 is 0 Å². The highest BCUT2D eigenvalue weighted by molar-refractivity contribution is 5.66. The number of hydrogen-bond acceptors (Lipinski definition) is 2. The molecular weight excluding hydrogens is 413 g/mol. The fraction of sp³-hybridized carbons (Fsp3) is 0.333. The molecule has 3 aromatic carbocycles. The van der Waals surface area contributed by atoms with Crippen molar-refractivity contribution in [1.82, 2.24) is 0 Å². The van der Waals surface area contributed by atoms with Crippen molar-refractivity contribution in [1.29, 1.82) is 0 Å². The van der Waals surface area contributed by atoms with Gasteiger partial charge in [-0.1, -0.05) is 56.9 Å². The lowest BCUT2D eigenvalue weighted by molar-refractivity contribution is 0.285. The van der Waals surface area contributed by atoms with Crippen LogP contribution in [0.2, 0.25) is 0 Å². The van der Waals surface area contributed by atoms with Crippen LogP contribution in [0, 0.1) is 24.4 Å². The van der Waals surface area contributed by atoms with Crippen molar-refractivity contribution in [2.45, 2.75) is 52.6 Å². The highest BCUT2D eigenvalue weighted by Gasteiger charge is 2.16. The molecule has 0 aliphatic heterocycles. The number of halogens is 3. The summed E-state index contributed by atoms with van der Waals surface area (Å²) in [6.45, 7) is 4.41. The van der Waals surface area contributed by atoms with Crippen molar-refractivity contribution in [3.05, 3.63) is 83.2 Å². The fourth-order valence-electron chi connectivity index (χ4n) is 3.42. The third-order valence-corrected chi connectivity index (χ3v) is 5.32. The van der Waals surface area contributed by atoms with Crippen LogP contribution in [0.4, 0.5) is 13.2 Å². The minimum absolute atomic E-state index is 0.0678. The van der Waals surface area contributed by atoms with Gasteiger partial charge in [0.2, 0.25) is 5.82 Å². The van der Waals surface area contributed by atoms with Crippen LogP contribution in [0.25, 0.3) is 11.1 Å². The molecule has 32 heavy (non-hydrogen) atoms. The predicted molar refractivity (Wildman–Crippen MR) is 122 cm³/mol. The Kier molecular flexibility index (Phi) is 8.60. The van der Waals surface area contributed by atoms with Gasteiger partial charge in [-0.2, -0.15) is 4.39 Å². The van der Waals surface area contributed by atoms with Gasteiger partial charge in [0, 0.05) is 11.1 Å². The summed E-state index contributed by atoms with van der Waals surface area (Å²) in [5.74, 6) is -1.79. The summed E-state index contributed by atoms with van der Waals surface area (Å²) in [6, 6.07) is 14.5. The van der Waals surface area contributed by atoms with Crippen molar-refractivity contribution in [3.8, 4) is 22.6 Å². The zero-order valence-corrected chi connectivity index (χ0v) is 18.6. The number of aryl methyl sites for hydroxylation is 1. The molecule has 0 heterocycles. The van der Waals surface area contributed by atoms with E-state index in [0.717, 1.165) is 31.2 Å². The Morgan fingerprint density at radius 2 is 1.50 bits per heavy atom. The standard InChI is InChI=1S/C27H29F3O2/c1-3-4-5-6-7-16-31-25-15-14-23(26(29)27(25)30)20-10-12-22(13-11-20)32-18-21-9-8-19(2)17-24(21)28/h8-15,17H,3-7,16,18H2,1-2H3. The van der Waals surface area contributed by atoms with Crippen molar-refractivity contribution in [2.24, 2.45) is 0 Å². The normalized spacial score (nSPS) is 10.9. The molecule has 0 aliphatic rings. The van der Waals surface area contributed by atoms with Crippen LogP contribution in [0.15, 0.2) is 54.6 Å². The van der Waals surface area contributed by atoms with Crippen LogP contribution in [0.3, 0.4) is 0 Å². The first kappa shape index (κ1) is 23.7. The molecule has 2 nitrogen and oxygen atoms in total. The van der Waals surface area contributed by atoms with Crippen molar-refractivity contribution >= 4 is 0 Å². The zero-order chi connectivity index (χ0) is 22.9. The van der Waals surface area contributed by atoms with Gasteiger partial charge in [0.15, 0.2) is 11.6 Å². The number of unbranched alkanes of at least 4 members (excludes halogenated alkanes) is 4. The summed E-state index contributed by atoms with van der Waals surface area (Å²) in [4.78, 5) is 0. The van der Waals surface area contributed by atoms with Crippen molar-refractivity contribution in [2.75, 3.05) is 6.61 Å². The summed E-state index contributed by atoms with van der Waals surface area (Å²) in [5, 5.41) is 0. The second kappa shape index (κ2) is 11.6. The largest absolute Gasteiger partial charge is 0.490 e. The molecule has 0 amide bonds. The molecule has 0 aliphatic carbocycles. The van der Waals surface area contributed by atoms with Crippen LogP contribution in [0.1, 0.15) is 50.2 Å². The SMILES string of the molecule is CCCCCCCOc1ccc(-c2ccc(OCc3ccc(C)cc3F)cc2)c(F)c1F. The topological polar surface area (TPSA) is 18.5 Å². The summed E-state index contributed by atoms with van der Waals surface area (Å²) in [7, 11) is 0. The van der Waals surface area contributed by atoms with Gasteiger partial charge < -0.3 is 9.47 Å². The van der Waals surface area contributed by atoms with E-state index in [4.69, 9.17) is 9.47 Å².